The molecule has 0 bridgehead atoms. The lowest BCUT2D eigenvalue weighted by Crippen LogP contribution is -2.34. The Morgan fingerprint density at radius 3 is 2.47 bits per heavy atom. The van der Waals surface area contributed by atoms with E-state index in [9.17, 15) is 4.79 Å². The third kappa shape index (κ3) is 6.44. The van der Waals surface area contributed by atoms with Crippen molar-refractivity contribution < 1.29 is 9.53 Å². The Kier molecular flexibility index (Phi) is 8.10. The van der Waals surface area contributed by atoms with E-state index < -0.39 is 0 Å². The van der Waals surface area contributed by atoms with E-state index in [-0.39, 0.29) is 11.0 Å². The Balaban J connectivity index is 1.54. The molecule has 0 aliphatic rings. The number of halogens is 3. The van der Waals surface area contributed by atoms with Crippen molar-refractivity contribution in [2.24, 2.45) is 0 Å². The van der Waals surface area contributed by atoms with Crippen LogP contribution >= 0.6 is 51.3 Å². The van der Waals surface area contributed by atoms with Gasteiger partial charge in [0.1, 0.15) is 5.75 Å². The van der Waals surface area contributed by atoms with Gasteiger partial charge in [0.15, 0.2) is 5.11 Å². The summed E-state index contributed by atoms with van der Waals surface area (Å²) in [4.78, 5) is 12.5. The standard InChI is InChI=1S/C22H17BrCl2N2O2S/c23-17-12-15(6-9-20(17)29-11-10-14-4-2-1-3-5-14)21(28)27-22(30)26-16-7-8-18(24)19(25)13-16/h1-9,12-13H,10-11H2,(H2,26,27,28,30). The van der Waals surface area contributed by atoms with Gasteiger partial charge in [-0.2, -0.15) is 0 Å². The number of benzene rings is 3. The Labute approximate surface area is 198 Å². The maximum atomic E-state index is 12.5. The molecule has 0 heterocycles. The van der Waals surface area contributed by atoms with Gasteiger partial charge in [-0.25, -0.2) is 0 Å². The molecule has 30 heavy (non-hydrogen) atoms. The lowest BCUT2D eigenvalue weighted by atomic mass is 10.2. The van der Waals surface area contributed by atoms with E-state index in [2.05, 4.69) is 38.7 Å². The fourth-order valence-corrected chi connectivity index (χ4v) is 3.60. The number of ether oxygens (including phenoxy) is 1. The minimum absolute atomic E-state index is 0.151. The summed E-state index contributed by atoms with van der Waals surface area (Å²) in [7, 11) is 0. The van der Waals surface area contributed by atoms with Crippen molar-refractivity contribution in [2.75, 3.05) is 11.9 Å². The van der Waals surface area contributed by atoms with Crippen molar-refractivity contribution in [1.82, 2.24) is 5.32 Å². The van der Waals surface area contributed by atoms with Crippen molar-refractivity contribution in [3.8, 4) is 5.75 Å². The number of thiocarbonyl (C=S) groups is 1. The highest BCUT2D eigenvalue weighted by atomic mass is 79.9. The zero-order valence-corrected chi connectivity index (χ0v) is 19.5. The number of carbonyl (C=O) groups is 1. The van der Waals surface area contributed by atoms with E-state index in [0.717, 1.165) is 6.42 Å². The maximum Gasteiger partial charge on any atom is 0.257 e. The molecular weight excluding hydrogens is 507 g/mol. The molecule has 0 aromatic heterocycles. The van der Waals surface area contributed by atoms with Crippen molar-refractivity contribution in [3.05, 3.63) is 92.4 Å². The number of carbonyl (C=O) groups excluding carboxylic acids is 1. The Morgan fingerprint density at radius 2 is 1.77 bits per heavy atom. The van der Waals surface area contributed by atoms with Crippen LogP contribution in [0.3, 0.4) is 0 Å². The largest absolute Gasteiger partial charge is 0.492 e. The number of anilines is 1. The second-order valence-corrected chi connectivity index (χ2v) is 8.34. The highest BCUT2D eigenvalue weighted by Crippen LogP contribution is 2.27. The fourth-order valence-electron chi connectivity index (χ4n) is 2.59. The second-order valence-electron chi connectivity index (χ2n) is 6.27. The predicted octanol–water partition coefficient (Wildman–Crippen LogP) is 6.50. The molecule has 0 radical (unpaired) electrons. The molecule has 0 aliphatic carbocycles. The average molecular weight is 524 g/mol. The van der Waals surface area contributed by atoms with Crippen molar-refractivity contribution in [2.45, 2.75) is 6.42 Å². The van der Waals surface area contributed by atoms with E-state index in [4.69, 9.17) is 40.2 Å². The molecule has 4 nitrogen and oxygen atoms in total. The van der Waals surface area contributed by atoms with Gasteiger partial charge in [0.25, 0.3) is 5.91 Å². The number of hydrogen-bond donors (Lipinski definition) is 2. The topological polar surface area (TPSA) is 50.4 Å². The Bertz CT molecular complexity index is 1060. The monoisotopic (exact) mass is 522 g/mol. The first kappa shape index (κ1) is 22.6. The van der Waals surface area contributed by atoms with E-state index in [1.165, 1.54) is 5.56 Å². The van der Waals surface area contributed by atoms with Gasteiger partial charge >= 0.3 is 0 Å². The molecule has 0 unspecified atom stereocenters. The van der Waals surface area contributed by atoms with Crippen LogP contribution in [-0.2, 0) is 6.42 Å². The minimum atomic E-state index is -0.343. The predicted molar refractivity (Wildman–Crippen MR) is 130 cm³/mol. The molecule has 3 aromatic rings. The molecule has 0 atom stereocenters. The zero-order chi connectivity index (χ0) is 21.5. The normalized spacial score (nSPS) is 10.4. The summed E-state index contributed by atoms with van der Waals surface area (Å²) >= 11 is 20.5. The van der Waals surface area contributed by atoms with Gasteiger partial charge in [-0.1, -0.05) is 53.5 Å². The third-order valence-corrected chi connectivity index (χ3v) is 5.65. The number of nitrogens with one attached hydrogen (secondary N) is 2. The van der Waals surface area contributed by atoms with Crippen LogP contribution in [0.15, 0.2) is 71.2 Å². The van der Waals surface area contributed by atoms with E-state index in [1.807, 2.05) is 18.2 Å². The molecule has 0 saturated heterocycles. The molecular formula is C22H17BrCl2N2O2S. The van der Waals surface area contributed by atoms with Crippen LogP contribution in [0.1, 0.15) is 15.9 Å². The van der Waals surface area contributed by atoms with Crippen LogP contribution < -0.4 is 15.4 Å². The smallest absolute Gasteiger partial charge is 0.257 e. The van der Waals surface area contributed by atoms with Gasteiger partial charge in [0.05, 0.1) is 21.1 Å². The highest BCUT2D eigenvalue weighted by molar-refractivity contribution is 9.10. The molecule has 2 N–H and O–H groups in total. The maximum absolute atomic E-state index is 12.5. The first-order valence-corrected chi connectivity index (χ1v) is 10.9. The van der Waals surface area contributed by atoms with Gasteiger partial charge in [0.2, 0.25) is 0 Å². The molecule has 0 fully saturated rings. The molecule has 3 rings (SSSR count). The third-order valence-electron chi connectivity index (χ3n) is 4.09. The van der Waals surface area contributed by atoms with Crippen LogP contribution in [0.2, 0.25) is 10.0 Å². The summed E-state index contributed by atoms with van der Waals surface area (Å²) in [5.41, 5.74) is 2.27. The molecule has 154 valence electrons. The van der Waals surface area contributed by atoms with E-state index in [0.29, 0.717) is 38.1 Å². The molecule has 0 spiro atoms. The molecule has 0 aliphatic heterocycles. The number of hydrogen-bond acceptors (Lipinski definition) is 3. The molecule has 3 aromatic carbocycles. The summed E-state index contributed by atoms with van der Waals surface area (Å²) in [5.74, 6) is 0.322. The van der Waals surface area contributed by atoms with Crippen molar-refractivity contribution in [1.29, 1.82) is 0 Å². The van der Waals surface area contributed by atoms with Crippen LogP contribution in [-0.4, -0.2) is 17.6 Å². The summed E-state index contributed by atoms with van der Waals surface area (Å²) in [6, 6.07) is 20.2. The molecule has 8 heteroatoms. The van der Waals surface area contributed by atoms with E-state index >= 15 is 0 Å². The summed E-state index contributed by atoms with van der Waals surface area (Å²) in [6.07, 6.45) is 0.796. The van der Waals surface area contributed by atoms with Gasteiger partial charge < -0.3 is 10.1 Å². The lowest BCUT2D eigenvalue weighted by molar-refractivity contribution is 0.0977. The summed E-state index contributed by atoms with van der Waals surface area (Å²) in [6.45, 7) is 0.534. The summed E-state index contributed by atoms with van der Waals surface area (Å²) < 4.78 is 6.50. The van der Waals surface area contributed by atoms with Crippen molar-refractivity contribution in [3.63, 3.8) is 0 Å². The SMILES string of the molecule is O=C(NC(=S)Nc1ccc(Cl)c(Cl)c1)c1ccc(OCCc2ccccc2)c(Br)c1. The Hall–Kier alpha value is -2.12. The molecule has 1 amide bonds. The van der Waals surface area contributed by atoms with Crippen LogP contribution in [0.25, 0.3) is 0 Å². The van der Waals surface area contributed by atoms with E-state index in [1.54, 1.807) is 36.4 Å². The van der Waals surface area contributed by atoms with Crippen LogP contribution in [0.5, 0.6) is 5.75 Å². The second kappa shape index (κ2) is 10.8. The van der Waals surface area contributed by atoms with Crippen molar-refractivity contribution >= 4 is 68.1 Å². The van der Waals surface area contributed by atoms with Gasteiger partial charge in [-0.15, -0.1) is 0 Å². The number of rotatable bonds is 6. The summed E-state index contributed by atoms with van der Waals surface area (Å²) in [5, 5.41) is 6.51. The van der Waals surface area contributed by atoms with Gasteiger partial charge in [-0.3, -0.25) is 10.1 Å². The van der Waals surface area contributed by atoms with Gasteiger partial charge in [-0.05, 0) is 70.1 Å². The highest BCUT2D eigenvalue weighted by Gasteiger charge is 2.11. The minimum Gasteiger partial charge on any atom is -0.492 e. The van der Waals surface area contributed by atoms with Crippen LogP contribution in [0.4, 0.5) is 5.69 Å². The first-order valence-electron chi connectivity index (χ1n) is 8.96. The molecule has 0 saturated carbocycles. The lowest BCUT2D eigenvalue weighted by Gasteiger charge is -2.12. The fraction of sp³-hybridized carbons (Fsp3) is 0.0909. The first-order chi connectivity index (χ1) is 14.4. The quantitative estimate of drug-likeness (QED) is 0.362. The number of amides is 1. The van der Waals surface area contributed by atoms with Crippen LogP contribution in [0, 0.1) is 0 Å². The Morgan fingerprint density at radius 1 is 1.00 bits per heavy atom. The van der Waals surface area contributed by atoms with Gasteiger partial charge in [0, 0.05) is 17.7 Å². The zero-order valence-electron chi connectivity index (χ0n) is 15.6. The average Bonchev–Trinajstić information content (AvgIpc) is 2.72.